The van der Waals surface area contributed by atoms with Gasteiger partial charge in [-0.25, -0.2) is 0 Å². The Bertz CT molecular complexity index is 897. The molecule has 2 N–H and O–H groups in total. The Labute approximate surface area is 149 Å². The van der Waals surface area contributed by atoms with Crippen molar-refractivity contribution in [2.45, 2.75) is 37.8 Å². The largest absolute Gasteiger partial charge is 0.422 e. The molecule has 1 fully saturated rings. The quantitative estimate of drug-likeness (QED) is 0.723. The van der Waals surface area contributed by atoms with Crippen molar-refractivity contribution in [3.63, 3.8) is 0 Å². The van der Waals surface area contributed by atoms with Gasteiger partial charge in [-0.15, -0.1) is 10.2 Å². The van der Waals surface area contributed by atoms with Gasteiger partial charge in [0.1, 0.15) is 11.8 Å². The number of aliphatic hydroxyl groups is 1. The van der Waals surface area contributed by atoms with Crippen LogP contribution >= 0.6 is 0 Å². The highest BCUT2D eigenvalue weighted by Crippen LogP contribution is 2.36. The fourth-order valence-electron chi connectivity index (χ4n) is 2.90. The minimum absolute atomic E-state index is 0.0136. The number of benzene rings is 1. The second-order valence-electron chi connectivity index (χ2n) is 6.44. The summed E-state index contributed by atoms with van der Waals surface area (Å²) in [7, 11) is 0. The fraction of sp³-hybridized carbons (Fsp3) is 0.333. The summed E-state index contributed by atoms with van der Waals surface area (Å²) in [5.41, 5.74) is 1.52. The van der Waals surface area contributed by atoms with Crippen molar-refractivity contribution in [3.8, 4) is 11.3 Å². The first-order chi connectivity index (χ1) is 12.6. The molecule has 4 rings (SSSR count). The van der Waals surface area contributed by atoms with E-state index in [4.69, 9.17) is 8.94 Å². The van der Waals surface area contributed by atoms with Gasteiger partial charge in [-0.05, 0) is 19.8 Å². The Morgan fingerprint density at radius 1 is 1.27 bits per heavy atom. The van der Waals surface area contributed by atoms with Gasteiger partial charge in [-0.2, -0.15) is 0 Å². The molecule has 8 heteroatoms. The molecule has 0 saturated heterocycles. The summed E-state index contributed by atoms with van der Waals surface area (Å²) in [6.45, 7) is 1.57. The molecule has 8 nitrogen and oxygen atoms in total. The number of nitrogens with zero attached hydrogens (tertiary/aromatic N) is 3. The zero-order chi connectivity index (χ0) is 18.1. The Morgan fingerprint density at radius 3 is 2.73 bits per heavy atom. The van der Waals surface area contributed by atoms with E-state index in [1.807, 2.05) is 30.3 Å². The Kier molecular flexibility index (Phi) is 4.26. The van der Waals surface area contributed by atoms with Crippen LogP contribution in [0.15, 0.2) is 45.3 Å². The van der Waals surface area contributed by atoms with Gasteiger partial charge in [-0.1, -0.05) is 35.5 Å². The molecule has 1 unspecified atom stereocenters. The van der Waals surface area contributed by atoms with Gasteiger partial charge in [0.05, 0.1) is 0 Å². The average Bonchev–Trinajstić information content (AvgIpc) is 3.28. The molecule has 1 saturated carbocycles. The van der Waals surface area contributed by atoms with Gasteiger partial charge in [0.2, 0.25) is 17.5 Å². The number of rotatable bonds is 5. The normalized spacial score (nSPS) is 20.4. The minimum atomic E-state index is -0.780. The van der Waals surface area contributed by atoms with Gasteiger partial charge in [0, 0.05) is 23.6 Å². The smallest absolute Gasteiger partial charge is 0.290 e. The summed E-state index contributed by atoms with van der Waals surface area (Å²) in [6.07, 6.45) is 0.622. The lowest BCUT2D eigenvalue weighted by Crippen LogP contribution is -2.43. The van der Waals surface area contributed by atoms with Crippen LogP contribution in [0.25, 0.3) is 11.3 Å². The van der Waals surface area contributed by atoms with Gasteiger partial charge < -0.3 is 19.4 Å². The van der Waals surface area contributed by atoms with Crippen LogP contribution in [-0.4, -0.2) is 32.4 Å². The highest BCUT2D eigenvalue weighted by molar-refractivity contribution is 5.92. The van der Waals surface area contributed by atoms with E-state index in [0.717, 1.165) is 5.56 Å². The number of aromatic nitrogens is 3. The number of carbonyl (C=O) groups is 1. The van der Waals surface area contributed by atoms with Crippen LogP contribution in [0, 0.1) is 0 Å². The van der Waals surface area contributed by atoms with Crippen LogP contribution in [0.4, 0.5) is 0 Å². The minimum Gasteiger partial charge on any atom is -0.422 e. The lowest BCUT2D eigenvalue weighted by atomic mass is 9.80. The summed E-state index contributed by atoms with van der Waals surface area (Å²) in [6, 6.07) is 11.2. The summed E-state index contributed by atoms with van der Waals surface area (Å²) < 4.78 is 10.6. The molecule has 1 aromatic carbocycles. The predicted molar refractivity (Wildman–Crippen MR) is 90.1 cm³/mol. The molecule has 0 radical (unpaired) electrons. The predicted octanol–water partition coefficient (Wildman–Crippen LogP) is 2.45. The van der Waals surface area contributed by atoms with Crippen molar-refractivity contribution >= 4 is 5.91 Å². The van der Waals surface area contributed by atoms with Gasteiger partial charge >= 0.3 is 0 Å². The van der Waals surface area contributed by atoms with Gasteiger partial charge in [0.25, 0.3) is 5.91 Å². The first-order valence-electron chi connectivity index (χ1n) is 8.44. The molecule has 3 aromatic rings. The molecule has 26 heavy (non-hydrogen) atoms. The number of amides is 1. The van der Waals surface area contributed by atoms with Crippen molar-refractivity contribution in [2.75, 3.05) is 0 Å². The van der Waals surface area contributed by atoms with E-state index in [1.165, 1.54) is 0 Å². The van der Waals surface area contributed by atoms with E-state index < -0.39 is 6.10 Å². The van der Waals surface area contributed by atoms with Crippen LogP contribution in [0.5, 0.6) is 0 Å². The van der Waals surface area contributed by atoms with Crippen LogP contribution < -0.4 is 5.32 Å². The lowest BCUT2D eigenvalue weighted by Gasteiger charge is -2.33. The third-order valence-electron chi connectivity index (χ3n) is 4.44. The van der Waals surface area contributed by atoms with Crippen molar-refractivity contribution in [3.05, 3.63) is 53.9 Å². The Morgan fingerprint density at radius 2 is 2.04 bits per heavy atom. The maximum Gasteiger partial charge on any atom is 0.290 e. The van der Waals surface area contributed by atoms with Crippen molar-refractivity contribution < 1.29 is 18.8 Å². The number of hydrogen-bond acceptors (Lipinski definition) is 7. The van der Waals surface area contributed by atoms with Crippen LogP contribution in [0.2, 0.25) is 0 Å². The zero-order valence-corrected chi connectivity index (χ0v) is 14.1. The highest BCUT2D eigenvalue weighted by Gasteiger charge is 2.36. The van der Waals surface area contributed by atoms with Crippen LogP contribution in [0.3, 0.4) is 0 Å². The van der Waals surface area contributed by atoms with E-state index >= 15 is 0 Å². The monoisotopic (exact) mass is 354 g/mol. The van der Waals surface area contributed by atoms with E-state index in [0.29, 0.717) is 24.4 Å². The van der Waals surface area contributed by atoms with Crippen molar-refractivity contribution in [1.82, 2.24) is 20.7 Å². The first kappa shape index (κ1) is 16.5. The van der Waals surface area contributed by atoms with Gasteiger partial charge in [0.15, 0.2) is 0 Å². The van der Waals surface area contributed by atoms with Crippen molar-refractivity contribution in [1.29, 1.82) is 0 Å². The number of aliphatic hydroxyl groups excluding tert-OH is 1. The maximum absolute atomic E-state index is 12.3. The Balaban J connectivity index is 1.33. The number of carbonyl (C=O) groups excluding carboxylic acids is 1. The van der Waals surface area contributed by atoms with E-state index in [9.17, 15) is 9.90 Å². The fourth-order valence-corrected chi connectivity index (χ4v) is 2.90. The topological polar surface area (TPSA) is 114 Å². The highest BCUT2D eigenvalue weighted by atomic mass is 16.5. The standard InChI is InChI=1S/C18H18N4O4/c1-10(23)17-20-21-18(25-17)12-7-13(8-12)19-16(24)15-9-14(22-26-15)11-5-3-2-4-6-11/h2-6,9-10,12-13,23H,7-8H2,1H3,(H,19,24)/t10?,12-,13-. The molecule has 0 spiro atoms. The van der Waals surface area contributed by atoms with E-state index in [2.05, 4.69) is 20.7 Å². The number of nitrogens with one attached hydrogen (secondary N) is 1. The maximum atomic E-state index is 12.3. The summed E-state index contributed by atoms with van der Waals surface area (Å²) in [4.78, 5) is 12.3. The van der Waals surface area contributed by atoms with Crippen LogP contribution in [-0.2, 0) is 0 Å². The second-order valence-corrected chi connectivity index (χ2v) is 6.44. The zero-order valence-electron chi connectivity index (χ0n) is 14.1. The SMILES string of the molecule is CC(O)c1nnc([C@H]2C[C@H](NC(=O)c3cc(-c4ccccc4)no3)C2)o1. The molecule has 2 aromatic heterocycles. The summed E-state index contributed by atoms with van der Waals surface area (Å²) in [5, 5.41) is 24.0. The first-order valence-corrected chi connectivity index (χ1v) is 8.44. The molecule has 1 amide bonds. The molecule has 1 aliphatic carbocycles. The molecule has 0 aliphatic heterocycles. The lowest BCUT2D eigenvalue weighted by molar-refractivity contribution is 0.0864. The molecule has 0 bridgehead atoms. The number of hydrogen-bond donors (Lipinski definition) is 2. The molecule has 1 atom stereocenters. The Hall–Kier alpha value is -3.00. The molecular weight excluding hydrogens is 336 g/mol. The molecule has 2 heterocycles. The second kappa shape index (κ2) is 6.72. The van der Waals surface area contributed by atoms with Crippen molar-refractivity contribution in [2.24, 2.45) is 0 Å². The summed E-state index contributed by atoms with van der Waals surface area (Å²) in [5.74, 6) is 0.690. The van der Waals surface area contributed by atoms with Crippen LogP contribution in [0.1, 0.15) is 54.1 Å². The molecule has 1 aliphatic rings. The average molecular weight is 354 g/mol. The van der Waals surface area contributed by atoms with E-state index in [1.54, 1.807) is 13.0 Å². The van der Waals surface area contributed by atoms with E-state index in [-0.39, 0.29) is 29.5 Å². The molecular formula is C18H18N4O4. The third-order valence-corrected chi connectivity index (χ3v) is 4.44. The third kappa shape index (κ3) is 3.23. The molecule has 134 valence electrons. The summed E-state index contributed by atoms with van der Waals surface area (Å²) >= 11 is 0. The van der Waals surface area contributed by atoms with Gasteiger partial charge in [-0.3, -0.25) is 4.79 Å².